The van der Waals surface area contributed by atoms with Crippen LogP contribution in [-0.4, -0.2) is 23.5 Å². The Morgan fingerprint density at radius 2 is 1.51 bits per heavy atom. The summed E-state index contributed by atoms with van der Waals surface area (Å²) < 4.78 is 0. The van der Waals surface area contributed by atoms with E-state index in [4.69, 9.17) is 23.2 Å². The van der Waals surface area contributed by atoms with E-state index in [0.29, 0.717) is 26.9 Å². The van der Waals surface area contributed by atoms with Gasteiger partial charge in [-0.3, -0.25) is 14.4 Å². The molecule has 0 heterocycles. The van der Waals surface area contributed by atoms with Crippen molar-refractivity contribution in [2.45, 2.75) is 18.7 Å². The highest BCUT2D eigenvalue weighted by atomic mass is 35.5. The molecule has 0 atom stereocenters. The second kappa shape index (κ2) is 14.0. The third-order valence-electron chi connectivity index (χ3n) is 6.00. The molecular weight excluding hydrogens is 577 g/mol. The average molecular weight is 605 g/mol. The fourth-order valence-corrected chi connectivity index (χ4v) is 5.13. The number of benzene rings is 4. The maximum atomic E-state index is 13.4. The Labute approximate surface area is 253 Å². The molecule has 0 bridgehead atoms. The summed E-state index contributed by atoms with van der Waals surface area (Å²) in [5.41, 5.74) is 4.20. The van der Waals surface area contributed by atoms with E-state index in [0.717, 1.165) is 21.7 Å². The summed E-state index contributed by atoms with van der Waals surface area (Å²) in [5.74, 6) is -0.930. The number of rotatable bonds is 9. The monoisotopic (exact) mass is 603 g/mol. The molecule has 4 rings (SSSR count). The Morgan fingerprint density at radius 3 is 2.22 bits per heavy atom. The van der Waals surface area contributed by atoms with Crippen LogP contribution in [0.1, 0.15) is 27.0 Å². The number of amides is 3. The standard InChI is InChI=1S/C32H27Cl2N3O3S/c1-20-8-6-9-21(2)30(20)37-29(38)19-41-26-13-7-12-25(18-26)35-32(40)28(16-23-14-15-24(33)17-27(23)34)36-31(39)22-10-4-3-5-11-22/h3-18H,19H2,1-2H3,(H,35,40)(H,36,39)(H,37,38)/b28-16+. The Hall–Kier alpha value is -4.04. The molecule has 9 heteroatoms. The van der Waals surface area contributed by atoms with E-state index < -0.39 is 11.8 Å². The lowest BCUT2D eigenvalue weighted by Crippen LogP contribution is -2.30. The number of carbonyl (C=O) groups excluding carboxylic acids is 3. The van der Waals surface area contributed by atoms with Gasteiger partial charge >= 0.3 is 0 Å². The summed E-state index contributed by atoms with van der Waals surface area (Å²) in [6.45, 7) is 3.90. The molecule has 41 heavy (non-hydrogen) atoms. The van der Waals surface area contributed by atoms with Crippen molar-refractivity contribution in [2.24, 2.45) is 0 Å². The topological polar surface area (TPSA) is 87.3 Å². The van der Waals surface area contributed by atoms with Gasteiger partial charge in [0.2, 0.25) is 5.91 Å². The first-order valence-corrected chi connectivity index (χ1v) is 14.4. The second-order valence-electron chi connectivity index (χ2n) is 9.13. The minimum Gasteiger partial charge on any atom is -0.325 e. The molecule has 0 aliphatic carbocycles. The van der Waals surface area contributed by atoms with Crippen LogP contribution in [0.4, 0.5) is 11.4 Å². The van der Waals surface area contributed by atoms with Crippen LogP contribution in [0.2, 0.25) is 10.0 Å². The quantitative estimate of drug-likeness (QED) is 0.135. The van der Waals surface area contributed by atoms with E-state index in [-0.39, 0.29) is 17.4 Å². The number of thioether (sulfide) groups is 1. The first-order chi connectivity index (χ1) is 19.7. The summed E-state index contributed by atoms with van der Waals surface area (Å²) in [4.78, 5) is 39.7. The highest BCUT2D eigenvalue weighted by Crippen LogP contribution is 2.25. The van der Waals surface area contributed by atoms with Crippen LogP contribution in [0.15, 0.2) is 102 Å². The lowest BCUT2D eigenvalue weighted by atomic mass is 10.1. The maximum absolute atomic E-state index is 13.4. The van der Waals surface area contributed by atoms with Gasteiger partial charge in [0.05, 0.1) is 5.75 Å². The van der Waals surface area contributed by atoms with Crippen molar-refractivity contribution in [3.05, 3.63) is 129 Å². The lowest BCUT2D eigenvalue weighted by Gasteiger charge is -2.13. The van der Waals surface area contributed by atoms with E-state index in [1.807, 2.05) is 38.1 Å². The van der Waals surface area contributed by atoms with Gasteiger partial charge in [0.1, 0.15) is 5.70 Å². The number of hydrogen-bond donors (Lipinski definition) is 3. The Kier molecular flexibility index (Phi) is 10.2. The highest BCUT2D eigenvalue weighted by Gasteiger charge is 2.16. The molecule has 4 aromatic rings. The molecule has 0 aromatic heterocycles. The van der Waals surface area contributed by atoms with Crippen molar-refractivity contribution in [3.63, 3.8) is 0 Å². The van der Waals surface area contributed by atoms with Gasteiger partial charge < -0.3 is 16.0 Å². The third-order valence-corrected chi connectivity index (χ3v) is 7.55. The summed E-state index contributed by atoms with van der Waals surface area (Å²) >= 11 is 13.7. The largest absolute Gasteiger partial charge is 0.325 e. The normalized spacial score (nSPS) is 11.1. The van der Waals surface area contributed by atoms with Gasteiger partial charge in [-0.1, -0.05) is 71.7 Å². The van der Waals surface area contributed by atoms with Crippen LogP contribution in [0.25, 0.3) is 6.08 Å². The molecule has 3 amide bonds. The van der Waals surface area contributed by atoms with Gasteiger partial charge in [0.25, 0.3) is 11.8 Å². The van der Waals surface area contributed by atoms with Crippen LogP contribution in [0.3, 0.4) is 0 Å². The van der Waals surface area contributed by atoms with Crippen molar-refractivity contribution in [2.75, 3.05) is 16.4 Å². The number of para-hydroxylation sites is 1. The fourth-order valence-electron chi connectivity index (χ4n) is 3.91. The van der Waals surface area contributed by atoms with E-state index in [1.54, 1.807) is 66.7 Å². The molecule has 4 aromatic carbocycles. The fraction of sp³-hybridized carbons (Fsp3) is 0.0938. The molecule has 0 spiro atoms. The number of anilines is 2. The minimum absolute atomic E-state index is 0.00545. The van der Waals surface area contributed by atoms with Crippen molar-refractivity contribution in [1.29, 1.82) is 0 Å². The molecule has 208 valence electrons. The van der Waals surface area contributed by atoms with Gasteiger partial charge in [-0.25, -0.2) is 0 Å². The summed E-state index contributed by atoms with van der Waals surface area (Å²) in [6.07, 6.45) is 1.49. The summed E-state index contributed by atoms with van der Waals surface area (Å²) in [6, 6.07) is 26.4. The first-order valence-electron chi connectivity index (χ1n) is 12.6. The zero-order valence-corrected chi connectivity index (χ0v) is 24.7. The second-order valence-corrected chi connectivity index (χ2v) is 11.0. The predicted octanol–water partition coefficient (Wildman–Crippen LogP) is 7.75. The van der Waals surface area contributed by atoms with Gasteiger partial charge in [-0.05, 0) is 79.1 Å². The minimum atomic E-state index is -0.546. The van der Waals surface area contributed by atoms with Crippen LogP contribution >= 0.6 is 35.0 Å². The molecule has 0 saturated heterocycles. The number of halogens is 2. The zero-order valence-electron chi connectivity index (χ0n) is 22.3. The molecule has 3 N–H and O–H groups in total. The predicted molar refractivity (Wildman–Crippen MR) is 169 cm³/mol. The summed E-state index contributed by atoms with van der Waals surface area (Å²) in [7, 11) is 0. The molecule has 0 radical (unpaired) electrons. The van der Waals surface area contributed by atoms with E-state index >= 15 is 0 Å². The molecule has 0 aliphatic rings. The van der Waals surface area contributed by atoms with E-state index in [1.165, 1.54) is 17.8 Å². The van der Waals surface area contributed by atoms with E-state index in [9.17, 15) is 14.4 Å². The van der Waals surface area contributed by atoms with Gasteiger partial charge in [0, 0.05) is 31.9 Å². The molecular formula is C32H27Cl2N3O3S. The van der Waals surface area contributed by atoms with Crippen LogP contribution in [0.5, 0.6) is 0 Å². The third kappa shape index (κ3) is 8.47. The number of carbonyl (C=O) groups is 3. The van der Waals surface area contributed by atoms with Gasteiger partial charge in [-0.2, -0.15) is 0 Å². The summed E-state index contributed by atoms with van der Waals surface area (Å²) in [5, 5.41) is 9.27. The van der Waals surface area contributed by atoms with E-state index in [2.05, 4.69) is 16.0 Å². The number of nitrogens with one attached hydrogen (secondary N) is 3. The zero-order chi connectivity index (χ0) is 29.4. The number of aryl methyl sites for hydroxylation is 2. The van der Waals surface area contributed by atoms with Crippen LogP contribution in [-0.2, 0) is 9.59 Å². The number of hydrogen-bond acceptors (Lipinski definition) is 4. The molecule has 0 saturated carbocycles. The lowest BCUT2D eigenvalue weighted by molar-refractivity contribution is -0.114. The van der Waals surface area contributed by atoms with Crippen molar-refractivity contribution >= 4 is 70.1 Å². The first kappa shape index (κ1) is 29.9. The Morgan fingerprint density at radius 1 is 0.805 bits per heavy atom. The average Bonchev–Trinajstić information content (AvgIpc) is 2.95. The molecule has 0 fully saturated rings. The van der Waals surface area contributed by atoms with Crippen LogP contribution < -0.4 is 16.0 Å². The van der Waals surface area contributed by atoms with Crippen molar-refractivity contribution in [3.8, 4) is 0 Å². The van der Waals surface area contributed by atoms with Crippen molar-refractivity contribution < 1.29 is 14.4 Å². The molecule has 0 unspecified atom stereocenters. The van der Waals surface area contributed by atoms with Gasteiger partial charge in [0.15, 0.2) is 0 Å². The maximum Gasteiger partial charge on any atom is 0.272 e. The van der Waals surface area contributed by atoms with Crippen LogP contribution in [0, 0.1) is 13.8 Å². The molecule has 6 nitrogen and oxygen atoms in total. The Bertz CT molecular complexity index is 1600. The Balaban J connectivity index is 1.48. The smallest absolute Gasteiger partial charge is 0.272 e. The van der Waals surface area contributed by atoms with Crippen molar-refractivity contribution in [1.82, 2.24) is 5.32 Å². The van der Waals surface area contributed by atoms with Gasteiger partial charge in [-0.15, -0.1) is 11.8 Å². The molecule has 0 aliphatic heterocycles. The SMILES string of the molecule is Cc1cccc(C)c1NC(=O)CSc1cccc(NC(=O)/C(=C\c2ccc(Cl)cc2Cl)NC(=O)c2ccccc2)c1. The highest BCUT2D eigenvalue weighted by molar-refractivity contribution is 8.00.